The average molecular weight is 382 g/mol. The monoisotopic (exact) mass is 382 g/mol. The maximum absolute atomic E-state index is 13.5. The van der Waals surface area contributed by atoms with Gasteiger partial charge in [-0.1, -0.05) is 30.3 Å². The van der Waals surface area contributed by atoms with Crippen molar-refractivity contribution in [2.45, 2.75) is 12.8 Å². The standard InChI is InChI=1S/C25H19FN2O/c26-18-7-4-15(5-8-18)23-14-24(17-2-1-3-20(29)13-17)28-25-21-11-9-19(27)12-16(21)6-10-22(23)25/h1-5,7-9,11-14,29H,6,10,27H2. The Balaban J connectivity index is 1.79. The lowest BCUT2D eigenvalue weighted by Gasteiger charge is -2.23. The molecule has 1 aliphatic carbocycles. The zero-order chi connectivity index (χ0) is 20.0. The van der Waals surface area contributed by atoms with Gasteiger partial charge in [-0.3, -0.25) is 0 Å². The van der Waals surface area contributed by atoms with Gasteiger partial charge >= 0.3 is 0 Å². The van der Waals surface area contributed by atoms with Crippen LogP contribution in [0.2, 0.25) is 0 Å². The molecule has 1 aromatic heterocycles. The van der Waals surface area contributed by atoms with Gasteiger partial charge in [0, 0.05) is 16.8 Å². The third-order valence-electron chi connectivity index (χ3n) is 5.45. The molecule has 0 spiro atoms. The average Bonchev–Trinajstić information content (AvgIpc) is 2.73. The molecular weight excluding hydrogens is 363 g/mol. The third-order valence-corrected chi connectivity index (χ3v) is 5.45. The fourth-order valence-corrected chi connectivity index (χ4v) is 4.06. The van der Waals surface area contributed by atoms with Crippen LogP contribution in [0.4, 0.5) is 10.1 Å². The van der Waals surface area contributed by atoms with Crippen molar-refractivity contribution in [3.8, 4) is 39.4 Å². The van der Waals surface area contributed by atoms with Gasteiger partial charge < -0.3 is 10.8 Å². The summed E-state index contributed by atoms with van der Waals surface area (Å²) in [5, 5.41) is 9.93. The van der Waals surface area contributed by atoms with E-state index < -0.39 is 0 Å². The van der Waals surface area contributed by atoms with E-state index in [2.05, 4.69) is 0 Å². The van der Waals surface area contributed by atoms with E-state index >= 15 is 0 Å². The summed E-state index contributed by atoms with van der Waals surface area (Å²) < 4.78 is 13.5. The number of nitrogens with two attached hydrogens (primary N) is 1. The summed E-state index contributed by atoms with van der Waals surface area (Å²) in [5.74, 6) is -0.0655. The van der Waals surface area contributed by atoms with Crippen LogP contribution in [0.5, 0.6) is 5.75 Å². The molecular formula is C25H19FN2O. The second-order valence-electron chi connectivity index (χ2n) is 7.36. The van der Waals surface area contributed by atoms with Crippen LogP contribution in [-0.4, -0.2) is 10.1 Å². The second kappa shape index (κ2) is 6.74. The van der Waals surface area contributed by atoms with Crippen molar-refractivity contribution in [2.75, 3.05) is 5.73 Å². The maximum Gasteiger partial charge on any atom is 0.123 e. The number of phenols is 1. The predicted octanol–water partition coefficient (Wildman–Crippen LogP) is 5.61. The van der Waals surface area contributed by atoms with Crippen molar-refractivity contribution in [1.29, 1.82) is 0 Å². The summed E-state index contributed by atoms with van der Waals surface area (Å²) in [5.41, 5.74) is 14.7. The smallest absolute Gasteiger partial charge is 0.123 e. The van der Waals surface area contributed by atoms with Crippen molar-refractivity contribution in [3.63, 3.8) is 0 Å². The van der Waals surface area contributed by atoms with Crippen LogP contribution in [0.25, 0.3) is 33.6 Å². The number of nitrogens with zero attached hydrogens (tertiary/aromatic N) is 1. The van der Waals surface area contributed by atoms with Gasteiger partial charge in [-0.05, 0) is 77.6 Å². The minimum Gasteiger partial charge on any atom is -0.508 e. The first-order valence-corrected chi connectivity index (χ1v) is 9.56. The largest absolute Gasteiger partial charge is 0.508 e. The SMILES string of the molecule is Nc1ccc2c(c1)CCc1c(-c3ccc(F)cc3)cc(-c3cccc(O)c3)nc1-2. The summed E-state index contributed by atoms with van der Waals surface area (Å²) in [6.07, 6.45) is 1.72. The van der Waals surface area contributed by atoms with E-state index in [1.54, 1.807) is 30.3 Å². The first kappa shape index (κ1) is 17.4. The molecule has 1 aliphatic rings. The minimum absolute atomic E-state index is 0.193. The molecule has 0 atom stereocenters. The van der Waals surface area contributed by atoms with Gasteiger partial charge in [0.05, 0.1) is 11.4 Å². The number of aryl methyl sites for hydroxylation is 1. The molecule has 0 saturated carbocycles. The number of aromatic hydroxyl groups is 1. The van der Waals surface area contributed by atoms with Crippen LogP contribution >= 0.6 is 0 Å². The van der Waals surface area contributed by atoms with Crippen molar-refractivity contribution in [1.82, 2.24) is 4.98 Å². The van der Waals surface area contributed by atoms with E-state index in [0.717, 1.165) is 57.7 Å². The van der Waals surface area contributed by atoms with Gasteiger partial charge in [-0.15, -0.1) is 0 Å². The number of pyridine rings is 1. The summed E-state index contributed by atoms with van der Waals surface area (Å²) in [7, 11) is 0. The summed E-state index contributed by atoms with van der Waals surface area (Å²) >= 11 is 0. The lowest BCUT2D eigenvalue weighted by molar-refractivity contribution is 0.475. The topological polar surface area (TPSA) is 59.1 Å². The molecule has 0 bridgehead atoms. The molecule has 0 saturated heterocycles. The van der Waals surface area contributed by atoms with E-state index in [1.165, 1.54) is 17.7 Å². The Kier molecular flexibility index (Phi) is 4.06. The number of halogens is 1. The summed E-state index contributed by atoms with van der Waals surface area (Å²) in [6, 6.07) is 21.6. The number of hydrogen-bond donors (Lipinski definition) is 2. The molecule has 142 valence electrons. The number of aromatic nitrogens is 1. The predicted molar refractivity (Wildman–Crippen MR) is 114 cm³/mol. The highest BCUT2D eigenvalue weighted by Crippen LogP contribution is 2.40. The van der Waals surface area contributed by atoms with Crippen LogP contribution in [-0.2, 0) is 12.8 Å². The summed E-state index contributed by atoms with van der Waals surface area (Å²) in [6.45, 7) is 0. The van der Waals surface area contributed by atoms with E-state index in [9.17, 15) is 9.50 Å². The van der Waals surface area contributed by atoms with E-state index in [0.29, 0.717) is 0 Å². The quantitative estimate of drug-likeness (QED) is 0.443. The number of hydrogen-bond acceptors (Lipinski definition) is 3. The molecule has 3 N–H and O–H groups in total. The van der Waals surface area contributed by atoms with E-state index in [4.69, 9.17) is 10.7 Å². The molecule has 5 rings (SSSR count). The second-order valence-corrected chi connectivity index (χ2v) is 7.36. The highest BCUT2D eigenvalue weighted by atomic mass is 19.1. The van der Waals surface area contributed by atoms with Crippen LogP contribution in [0.3, 0.4) is 0 Å². The molecule has 0 aliphatic heterocycles. The number of anilines is 1. The van der Waals surface area contributed by atoms with Crippen LogP contribution in [0.1, 0.15) is 11.1 Å². The number of fused-ring (bicyclic) bond motifs is 3. The van der Waals surface area contributed by atoms with Gasteiger partial charge in [0.2, 0.25) is 0 Å². The van der Waals surface area contributed by atoms with Crippen LogP contribution in [0.15, 0.2) is 72.8 Å². The molecule has 4 heteroatoms. The Morgan fingerprint density at radius 2 is 1.66 bits per heavy atom. The first-order valence-electron chi connectivity index (χ1n) is 9.56. The number of phenolic OH excluding ortho intramolecular Hbond substituents is 1. The molecule has 3 nitrogen and oxygen atoms in total. The normalized spacial score (nSPS) is 12.3. The fourth-order valence-electron chi connectivity index (χ4n) is 4.06. The lowest BCUT2D eigenvalue weighted by Crippen LogP contribution is -2.09. The molecule has 0 radical (unpaired) electrons. The van der Waals surface area contributed by atoms with Gasteiger partial charge in [-0.2, -0.15) is 0 Å². The summed E-state index contributed by atoms with van der Waals surface area (Å²) in [4.78, 5) is 4.97. The Labute approximate surface area is 168 Å². The van der Waals surface area contributed by atoms with Gasteiger partial charge in [0.1, 0.15) is 11.6 Å². The van der Waals surface area contributed by atoms with Gasteiger partial charge in [0.15, 0.2) is 0 Å². The molecule has 0 amide bonds. The Morgan fingerprint density at radius 3 is 2.45 bits per heavy atom. The van der Waals surface area contributed by atoms with Crippen molar-refractivity contribution >= 4 is 5.69 Å². The number of nitrogen functional groups attached to an aromatic ring is 1. The van der Waals surface area contributed by atoms with Gasteiger partial charge in [-0.25, -0.2) is 9.37 Å². The van der Waals surface area contributed by atoms with Crippen molar-refractivity contribution < 1.29 is 9.50 Å². The molecule has 0 unspecified atom stereocenters. The van der Waals surface area contributed by atoms with Gasteiger partial charge in [0.25, 0.3) is 0 Å². The molecule has 1 heterocycles. The molecule has 4 aromatic rings. The zero-order valence-corrected chi connectivity index (χ0v) is 15.7. The molecule has 0 fully saturated rings. The van der Waals surface area contributed by atoms with Crippen LogP contribution < -0.4 is 5.73 Å². The van der Waals surface area contributed by atoms with E-state index in [1.807, 2.05) is 30.3 Å². The maximum atomic E-state index is 13.5. The van der Waals surface area contributed by atoms with E-state index in [-0.39, 0.29) is 11.6 Å². The fraction of sp³-hybridized carbons (Fsp3) is 0.0800. The Morgan fingerprint density at radius 1 is 0.828 bits per heavy atom. The zero-order valence-electron chi connectivity index (χ0n) is 15.7. The first-order chi connectivity index (χ1) is 14.1. The highest BCUT2D eigenvalue weighted by Gasteiger charge is 2.22. The Hall–Kier alpha value is -3.66. The van der Waals surface area contributed by atoms with Crippen LogP contribution in [0, 0.1) is 5.82 Å². The molecule has 3 aromatic carbocycles. The molecule has 29 heavy (non-hydrogen) atoms. The van der Waals surface area contributed by atoms with Crippen molar-refractivity contribution in [3.05, 3.63) is 89.7 Å². The number of benzene rings is 3. The Bertz CT molecular complexity index is 1220. The number of rotatable bonds is 2. The minimum atomic E-state index is -0.259. The third kappa shape index (κ3) is 3.13. The highest BCUT2D eigenvalue weighted by molar-refractivity contribution is 5.83. The van der Waals surface area contributed by atoms with Crippen molar-refractivity contribution in [2.24, 2.45) is 0 Å². The lowest BCUT2D eigenvalue weighted by atomic mass is 9.84.